The number of hydrogen-bond acceptors (Lipinski definition) is 6. The largest absolute Gasteiger partial charge is 0.470 e. The Kier molecular flexibility index (Phi) is 9.06. The molecule has 2 rings (SSSR count). The van der Waals surface area contributed by atoms with E-state index < -0.39 is 43.3 Å². The van der Waals surface area contributed by atoms with Gasteiger partial charge in [0, 0.05) is 11.3 Å². The van der Waals surface area contributed by atoms with Crippen molar-refractivity contribution in [1.29, 1.82) is 0 Å². The van der Waals surface area contributed by atoms with Crippen molar-refractivity contribution < 1.29 is 36.2 Å². The minimum Gasteiger partial charge on any atom is -0.470 e. The number of amides is 1. The van der Waals surface area contributed by atoms with Crippen LogP contribution in [-0.2, 0) is 4.74 Å². The van der Waals surface area contributed by atoms with Gasteiger partial charge in [-0.05, 0) is 18.2 Å². The Bertz CT molecular complexity index is 899. The van der Waals surface area contributed by atoms with Crippen LogP contribution >= 0.6 is 0 Å². The van der Waals surface area contributed by atoms with Crippen molar-refractivity contribution in [3.05, 3.63) is 47.7 Å². The first-order valence-electron chi connectivity index (χ1n) is 8.74. The summed E-state index contributed by atoms with van der Waals surface area (Å²) in [5.41, 5.74) is 4.77. The molecule has 1 heterocycles. The highest BCUT2D eigenvalue weighted by Gasteiger charge is 2.17. The Morgan fingerprint density at radius 2 is 2.00 bits per heavy atom. The molecule has 0 saturated heterocycles. The highest BCUT2D eigenvalue weighted by Crippen LogP contribution is 2.25. The fourth-order valence-electron chi connectivity index (χ4n) is 2.14. The maximum Gasteiger partial charge on any atom is 0.275 e. The smallest absolute Gasteiger partial charge is 0.275 e. The van der Waals surface area contributed by atoms with Gasteiger partial charge in [-0.2, -0.15) is 0 Å². The normalized spacial score (nSPS) is 12.6. The molecule has 0 aliphatic heterocycles. The third-order valence-corrected chi connectivity index (χ3v) is 3.48. The zero-order chi connectivity index (χ0) is 22.8. The number of aromatic nitrogens is 2. The van der Waals surface area contributed by atoms with Crippen LogP contribution in [0.2, 0.25) is 0 Å². The number of halogens is 5. The van der Waals surface area contributed by atoms with E-state index in [1.165, 1.54) is 6.07 Å². The minimum atomic E-state index is -2.70. The first kappa shape index (κ1) is 23.9. The van der Waals surface area contributed by atoms with E-state index in [2.05, 4.69) is 25.0 Å². The second-order valence-corrected chi connectivity index (χ2v) is 5.83. The molecule has 8 nitrogen and oxygen atoms in total. The van der Waals surface area contributed by atoms with Crippen LogP contribution in [-0.4, -0.2) is 54.6 Å². The molecule has 31 heavy (non-hydrogen) atoms. The molecule has 3 N–H and O–H groups in total. The lowest BCUT2D eigenvalue weighted by Gasteiger charge is -2.11. The zero-order valence-corrected chi connectivity index (χ0v) is 15.9. The Balaban J connectivity index is 2.05. The molecule has 0 aliphatic carbocycles. The molecular weight excluding hydrogens is 429 g/mol. The Labute approximate surface area is 173 Å². The minimum absolute atomic E-state index is 0.0197. The summed E-state index contributed by atoms with van der Waals surface area (Å²) in [6, 6.07) is 3.09. The monoisotopic (exact) mass is 447 g/mol. The number of nitrogens with two attached hydrogens (primary N) is 1. The van der Waals surface area contributed by atoms with Crippen LogP contribution < -0.4 is 15.8 Å². The highest BCUT2D eigenvalue weighted by atomic mass is 19.3. The number of amidine groups is 1. The summed E-state index contributed by atoms with van der Waals surface area (Å²) in [5, 5.41) is 2.36. The Hall–Kier alpha value is -3.35. The van der Waals surface area contributed by atoms with Crippen LogP contribution in [0.4, 0.5) is 27.6 Å². The van der Waals surface area contributed by atoms with Crippen molar-refractivity contribution in [2.45, 2.75) is 12.7 Å². The molecule has 0 aliphatic rings. The first-order valence-corrected chi connectivity index (χ1v) is 8.74. The van der Waals surface area contributed by atoms with Crippen LogP contribution in [0.3, 0.4) is 0 Å². The van der Waals surface area contributed by atoms with E-state index in [0.717, 1.165) is 24.5 Å². The van der Waals surface area contributed by atoms with Crippen LogP contribution in [0.5, 0.6) is 5.88 Å². The van der Waals surface area contributed by atoms with Crippen molar-refractivity contribution in [3.8, 4) is 5.88 Å². The van der Waals surface area contributed by atoms with E-state index in [1.807, 2.05) is 0 Å². The summed E-state index contributed by atoms with van der Waals surface area (Å²) in [7, 11) is 0. The van der Waals surface area contributed by atoms with E-state index in [-0.39, 0.29) is 36.3 Å². The molecule has 2 aromatic rings. The number of benzene rings is 1. The quantitative estimate of drug-likeness (QED) is 0.180. The van der Waals surface area contributed by atoms with E-state index in [4.69, 9.17) is 10.5 Å². The average Bonchev–Trinajstić information content (AvgIpc) is 2.74. The third kappa shape index (κ3) is 7.77. The topological polar surface area (TPSA) is 112 Å². The van der Waals surface area contributed by atoms with E-state index >= 15 is 0 Å². The summed E-state index contributed by atoms with van der Waals surface area (Å²) >= 11 is 0. The number of rotatable bonds is 11. The predicted molar refractivity (Wildman–Crippen MR) is 100 cm³/mol. The van der Waals surface area contributed by atoms with Gasteiger partial charge in [0.1, 0.15) is 30.6 Å². The highest BCUT2D eigenvalue weighted by molar-refractivity contribution is 6.02. The fourth-order valence-corrected chi connectivity index (χ4v) is 2.14. The number of nitrogens with zero attached hydrogens (tertiary/aromatic N) is 3. The van der Waals surface area contributed by atoms with Crippen LogP contribution in [0.15, 0.2) is 35.6 Å². The van der Waals surface area contributed by atoms with Gasteiger partial charge < -0.3 is 20.5 Å². The SMILES string of the molecule is NC(COCCF)=N[C@H](F)c1cc(NC(=O)c2cnc(OCC(F)F)cn2)ccc1F. The molecule has 0 radical (unpaired) electrons. The number of hydrogen-bond donors (Lipinski definition) is 2. The summed E-state index contributed by atoms with van der Waals surface area (Å²) in [6.07, 6.45) is -2.93. The zero-order valence-electron chi connectivity index (χ0n) is 15.9. The molecule has 0 unspecified atom stereocenters. The second kappa shape index (κ2) is 11.7. The summed E-state index contributed by atoms with van der Waals surface area (Å²) in [6.45, 7) is -2.21. The molecule has 13 heteroatoms. The molecule has 0 saturated carbocycles. The number of alkyl halides is 4. The van der Waals surface area contributed by atoms with Crippen molar-refractivity contribution in [3.63, 3.8) is 0 Å². The molecule has 0 fully saturated rings. The molecule has 0 spiro atoms. The summed E-state index contributed by atoms with van der Waals surface area (Å²) in [5.74, 6) is -2.22. The third-order valence-electron chi connectivity index (χ3n) is 3.48. The molecule has 1 aromatic heterocycles. The predicted octanol–water partition coefficient (Wildman–Crippen LogP) is 2.82. The average molecular weight is 447 g/mol. The summed E-state index contributed by atoms with van der Waals surface area (Å²) < 4.78 is 73.9. The van der Waals surface area contributed by atoms with Gasteiger partial charge in [-0.1, -0.05) is 0 Å². The van der Waals surface area contributed by atoms with Gasteiger partial charge in [0.25, 0.3) is 12.3 Å². The standard InChI is InChI=1S/C18H18F5N5O3/c19-3-4-30-9-15(24)28-17(23)11-5-10(1-2-12(11)20)27-18(29)13-6-26-16(7-25-13)31-8-14(21)22/h1-2,5-7,14,17H,3-4,8-9H2,(H2,24,28)(H,27,29)/t17-/m0/s1. The lowest BCUT2D eigenvalue weighted by molar-refractivity contribution is 0.0792. The number of nitrogens with one attached hydrogen (secondary N) is 1. The fraction of sp³-hybridized carbons (Fsp3) is 0.333. The van der Waals surface area contributed by atoms with Gasteiger partial charge in [-0.15, -0.1) is 0 Å². The van der Waals surface area contributed by atoms with Crippen molar-refractivity contribution in [2.24, 2.45) is 10.7 Å². The molecule has 1 atom stereocenters. The number of anilines is 1. The Morgan fingerprint density at radius 3 is 2.65 bits per heavy atom. The number of carbonyl (C=O) groups excluding carboxylic acids is 1. The number of carbonyl (C=O) groups is 1. The number of ether oxygens (including phenoxy) is 2. The van der Waals surface area contributed by atoms with Gasteiger partial charge in [0.05, 0.1) is 19.0 Å². The van der Waals surface area contributed by atoms with Crippen molar-refractivity contribution in [2.75, 3.05) is 31.8 Å². The van der Waals surface area contributed by atoms with Crippen molar-refractivity contribution >= 4 is 17.4 Å². The lowest BCUT2D eigenvalue weighted by Crippen LogP contribution is -2.20. The van der Waals surface area contributed by atoms with Crippen LogP contribution in [0.25, 0.3) is 0 Å². The Morgan fingerprint density at radius 1 is 1.23 bits per heavy atom. The molecule has 0 bridgehead atoms. The lowest BCUT2D eigenvalue weighted by atomic mass is 10.1. The molecule has 1 aromatic carbocycles. The van der Waals surface area contributed by atoms with E-state index in [0.29, 0.717) is 0 Å². The van der Waals surface area contributed by atoms with Gasteiger partial charge in [0.15, 0.2) is 6.61 Å². The van der Waals surface area contributed by atoms with E-state index in [9.17, 15) is 26.7 Å². The second-order valence-electron chi connectivity index (χ2n) is 5.83. The molecule has 1 amide bonds. The maximum absolute atomic E-state index is 14.3. The van der Waals surface area contributed by atoms with Crippen LogP contribution in [0, 0.1) is 5.82 Å². The van der Waals surface area contributed by atoms with E-state index in [1.54, 1.807) is 0 Å². The summed E-state index contributed by atoms with van der Waals surface area (Å²) in [4.78, 5) is 23.1. The molecular formula is C18H18F5N5O3. The maximum atomic E-state index is 14.3. The van der Waals surface area contributed by atoms with Gasteiger partial charge in [0.2, 0.25) is 12.2 Å². The first-order chi connectivity index (χ1) is 14.8. The van der Waals surface area contributed by atoms with Gasteiger partial charge in [-0.3, -0.25) is 4.79 Å². The van der Waals surface area contributed by atoms with Gasteiger partial charge >= 0.3 is 0 Å². The number of aliphatic imine (C=N–C) groups is 1. The molecule has 168 valence electrons. The van der Waals surface area contributed by atoms with Crippen molar-refractivity contribution in [1.82, 2.24) is 9.97 Å². The van der Waals surface area contributed by atoms with Gasteiger partial charge in [-0.25, -0.2) is 36.9 Å². The van der Waals surface area contributed by atoms with Crippen LogP contribution in [0.1, 0.15) is 22.3 Å².